The summed E-state index contributed by atoms with van der Waals surface area (Å²) in [7, 11) is -3.91. The van der Waals surface area contributed by atoms with E-state index in [0.29, 0.717) is 0 Å². The van der Waals surface area contributed by atoms with Gasteiger partial charge in [0.05, 0.1) is 0 Å². The molecule has 0 aromatic heterocycles. The van der Waals surface area contributed by atoms with E-state index in [2.05, 4.69) is 0 Å². The maximum Gasteiger partial charge on any atom is 0.409 e. The highest BCUT2D eigenvalue weighted by Crippen LogP contribution is 2.29. The molecule has 0 aliphatic carbocycles. The normalized spacial score (nSPS) is 11.8. The summed E-state index contributed by atoms with van der Waals surface area (Å²) in [5.74, 6) is 0. The van der Waals surface area contributed by atoms with Gasteiger partial charge in [0, 0.05) is 22.9 Å². The molecule has 0 bridgehead atoms. The lowest BCUT2D eigenvalue weighted by Gasteiger charge is -1.92. The van der Waals surface area contributed by atoms with Crippen LogP contribution in [0.3, 0.4) is 0 Å². The minimum Gasteiger partial charge on any atom is -0.312 e. The van der Waals surface area contributed by atoms with Gasteiger partial charge in [0.15, 0.2) is 0 Å². The Labute approximate surface area is 48.7 Å². The molecule has 0 aromatic carbocycles. The van der Waals surface area contributed by atoms with Crippen LogP contribution >= 0.6 is 30.6 Å². The van der Waals surface area contributed by atoms with Gasteiger partial charge >= 0.3 is 7.75 Å². The standard InChI is InChI=1S/H3INO3P/c1-2-6(3,4)5/h(H3,2,3,4,5). The number of nitrogens with one attached hydrogen (secondary N) is 1. The van der Waals surface area contributed by atoms with E-state index in [1.807, 2.05) is 0 Å². The Morgan fingerprint density at radius 3 is 1.83 bits per heavy atom. The summed E-state index contributed by atoms with van der Waals surface area (Å²) in [6.45, 7) is 0. The molecule has 0 heterocycles. The zero-order valence-electron chi connectivity index (χ0n) is 2.63. The summed E-state index contributed by atoms with van der Waals surface area (Å²) in [6, 6.07) is 0. The van der Waals surface area contributed by atoms with Crippen LogP contribution < -0.4 is 3.30 Å². The summed E-state index contributed by atoms with van der Waals surface area (Å²) in [5.41, 5.74) is 0. The molecule has 0 rings (SSSR count). The lowest BCUT2D eigenvalue weighted by molar-refractivity contribution is 0.371. The Balaban J connectivity index is 3.48. The van der Waals surface area contributed by atoms with Crippen molar-refractivity contribution >= 4 is 30.6 Å². The molecule has 0 saturated heterocycles. The molecule has 0 atom stereocenters. The van der Waals surface area contributed by atoms with Gasteiger partial charge in [0.25, 0.3) is 0 Å². The van der Waals surface area contributed by atoms with E-state index in [-0.39, 0.29) is 0 Å². The van der Waals surface area contributed by atoms with Gasteiger partial charge in [-0.2, -0.15) is 3.30 Å². The topological polar surface area (TPSA) is 69.6 Å². The second kappa shape index (κ2) is 2.23. The first-order chi connectivity index (χ1) is 2.56. The lowest BCUT2D eigenvalue weighted by atomic mass is 13.9. The van der Waals surface area contributed by atoms with Gasteiger partial charge in [-0.15, -0.1) is 0 Å². The molecule has 3 N–H and O–H groups in total. The third-order valence-corrected chi connectivity index (χ3v) is 2.22. The third kappa shape index (κ3) is 4.84. The van der Waals surface area contributed by atoms with Crippen molar-refractivity contribution in [1.82, 2.24) is 3.30 Å². The summed E-state index contributed by atoms with van der Waals surface area (Å²) in [4.78, 5) is 15.6. The van der Waals surface area contributed by atoms with Crippen molar-refractivity contribution in [3.05, 3.63) is 0 Å². The second-order valence-corrected chi connectivity index (χ2v) is 3.33. The number of hydrogen-bond acceptors (Lipinski definition) is 1. The van der Waals surface area contributed by atoms with Crippen molar-refractivity contribution in [3.8, 4) is 0 Å². The maximum absolute atomic E-state index is 9.58. The molecule has 0 radical (unpaired) electrons. The van der Waals surface area contributed by atoms with Crippen molar-refractivity contribution < 1.29 is 14.4 Å². The van der Waals surface area contributed by atoms with Crippen LogP contribution in [0.4, 0.5) is 0 Å². The zero-order valence-corrected chi connectivity index (χ0v) is 5.68. The molecule has 6 heavy (non-hydrogen) atoms. The van der Waals surface area contributed by atoms with E-state index in [0.717, 1.165) is 0 Å². The molecule has 0 spiro atoms. The first-order valence-corrected chi connectivity index (χ1v) is 3.69. The van der Waals surface area contributed by atoms with E-state index in [1.54, 1.807) is 3.30 Å². The summed E-state index contributed by atoms with van der Waals surface area (Å²) in [5, 5.41) is 0. The van der Waals surface area contributed by atoms with E-state index in [1.165, 1.54) is 22.9 Å². The highest BCUT2D eigenvalue weighted by atomic mass is 127. The third-order valence-electron chi connectivity index (χ3n) is 0.110. The van der Waals surface area contributed by atoms with Gasteiger partial charge in [-0.3, -0.25) is 0 Å². The van der Waals surface area contributed by atoms with Crippen LogP contribution in [0.1, 0.15) is 0 Å². The number of hydrogen-bond donors (Lipinski definition) is 3. The van der Waals surface area contributed by atoms with Crippen molar-refractivity contribution in [2.45, 2.75) is 0 Å². The molecule has 0 aliphatic heterocycles. The quantitative estimate of drug-likeness (QED) is 0.333. The Morgan fingerprint density at radius 1 is 1.67 bits per heavy atom. The fourth-order valence-electron chi connectivity index (χ4n) is 0. The molecule has 0 saturated carbocycles. The minimum absolute atomic E-state index is 1.38. The summed E-state index contributed by atoms with van der Waals surface area (Å²) < 4.78 is 11.3. The lowest BCUT2D eigenvalue weighted by Crippen LogP contribution is -1.89. The van der Waals surface area contributed by atoms with Crippen molar-refractivity contribution in [3.63, 3.8) is 0 Å². The molecule has 0 aromatic rings. The van der Waals surface area contributed by atoms with E-state index in [9.17, 15) is 4.57 Å². The van der Waals surface area contributed by atoms with Crippen LogP contribution in [0.2, 0.25) is 0 Å². The molecule has 38 valence electrons. The smallest absolute Gasteiger partial charge is 0.312 e. The molecule has 4 nitrogen and oxygen atoms in total. The fourth-order valence-corrected chi connectivity index (χ4v) is 0. The molecule has 0 unspecified atom stereocenters. The number of rotatable bonds is 1. The molecule has 6 heteroatoms. The molecule has 0 amide bonds. The van der Waals surface area contributed by atoms with E-state index < -0.39 is 7.75 Å². The van der Waals surface area contributed by atoms with Gasteiger partial charge in [0.1, 0.15) is 0 Å². The summed E-state index contributed by atoms with van der Waals surface area (Å²) in [6.07, 6.45) is 0. The SMILES string of the molecule is O=P(O)(O)NI. The number of halogens is 1. The van der Waals surface area contributed by atoms with Crippen molar-refractivity contribution in [2.75, 3.05) is 0 Å². The first-order valence-electron chi connectivity index (χ1n) is 0.995. The Bertz CT molecular complexity index is 74.9. The van der Waals surface area contributed by atoms with Crippen LogP contribution in [-0.2, 0) is 4.57 Å². The average molecular weight is 223 g/mol. The van der Waals surface area contributed by atoms with Crippen molar-refractivity contribution in [1.29, 1.82) is 0 Å². The van der Waals surface area contributed by atoms with Gasteiger partial charge < -0.3 is 9.79 Å². The van der Waals surface area contributed by atoms with Crippen LogP contribution in [0, 0.1) is 0 Å². The van der Waals surface area contributed by atoms with Crippen LogP contribution in [-0.4, -0.2) is 9.79 Å². The van der Waals surface area contributed by atoms with E-state index >= 15 is 0 Å². The first kappa shape index (κ1) is 6.84. The van der Waals surface area contributed by atoms with Gasteiger partial charge in [-0.25, -0.2) is 4.57 Å². The molecular formula is H3INO3P. The summed E-state index contributed by atoms with van der Waals surface area (Å²) >= 11 is 1.38. The maximum atomic E-state index is 9.58. The average Bonchev–Trinajstić information content (AvgIpc) is 1.35. The zero-order chi connectivity index (χ0) is 5.21. The second-order valence-electron chi connectivity index (χ2n) is 0.629. The highest BCUT2D eigenvalue weighted by Gasteiger charge is 2.05. The predicted octanol–water partition coefficient (Wildman–Crippen LogP) is 0.0187. The minimum atomic E-state index is -3.91. The monoisotopic (exact) mass is 223 g/mol. The van der Waals surface area contributed by atoms with Gasteiger partial charge in [0.2, 0.25) is 0 Å². The van der Waals surface area contributed by atoms with Crippen LogP contribution in [0.5, 0.6) is 0 Å². The predicted molar refractivity (Wildman–Crippen MR) is 29.2 cm³/mol. The molecular weight excluding hydrogens is 220 g/mol. The van der Waals surface area contributed by atoms with Crippen LogP contribution in [0.15, 0.2) is 0 Å². The van der Waals surface area contributed by atoms with Crippen LogP contribution in [0.25, 0.3) is 0 Å². The Kier molecular flexibility index (Phi) is 2.54. The largest absolute Gasteiger partial charge is 0.409 e. The molecule has 0 fully saturated rings. The van der Waals surface area contributed by atoms with E-state index in [4.69, 9.17) is 9.79 Å². The highest BCUT2D eigenvalue weighted by molar-refractivity contribution is 14.1. The Morgan fingerprint density at radius 2 is 1.83 bits per heavy atom. The van der Waals surface area contributed by atoms with Gasteiger partial charge in [-0.05, 0) is 0 Å². The Hall–Kier alpha value is 0.840. The molecule has 0 aliphatic rings. The van der Waals surface area contributed by atoms with Crippen molar-refractivity contribution in [2.24, 2.45) is 0 Å². The van der Waals surface area contributed by atoms with Gasteiger partial charge in [-0.1, -0.05) is 0 Å². The fraction of sp³-hybridized carbons (Fsp3) is 0.